The van der Waals surface area contributed by atoms with E-state index in [1.807, 2.05) is 18.2 Å². The number of carbonyl (C=O) groups is 2. The van der Waals surface area contributed by atoms with E-state index in [9.17, 15) is 9.59 Å². The Morgan fingerprint density at radius 2 is 2.11 bits per heavy atom. The molecule has 0 bridgehead atoms. The second kappa shape index (κ2) is 4.68. The molecule has 0 radical (unpaired) electrons. The van der Waals surface area contributed by atoms with Crippen molar-refractivity contribution in [1.29, 1.82) is 0 Å². The molecule has 0 saturated heterocycles. The van der Waals surface area contributed by atoms with Crippen LogP contribution in [0.3, 0.4) is 0 Å². The minimum absolute atomic E-state index is 0.112. The Kier molecular flexibility index (Phi) is 3.23. The Hall–Kier alpha value is -2.04. The molecule has 1 aliphatic rings. The maximum absolute atomic E-state index is 11.5. The topological polar surface area (TPSA) is 95.4 Å². The Balaban J connectivity index is 2.46. The van der Waals surface area contributed by atoms with E-state index in [0.717, 1.165) is 11.1 Å². The molecule has 4 N–H and O–H groups in total. The quantitative estimate of drug-likeness (QED) is 0.802. The largest absolute Gasteiger partial charge is 0.496 e. The summed E-state index contributed by atoms with van der Waals surface area (Å²) in [5, 5.41) is 0. The molecule has 5 heteroatoms. The van der Waals surface area contributed by atoms with Crippen LogP contribution in [0.4, 0.5) is 0 Å². The smallest absolute Gasteiger partial charge is 0.221 e. The van der Waals surface area contributed by atoms with Gasteiger partial charge in [0.15, 0.2) is 0 Å². The number of fused-ring (bicyclic) bond motifs is 1. The standard InChI is InChI=1S/C13H16N2O3/c1-18-10-4-2-3-7-5-9(13(15)17)8(12(7)10)6-11(14)16/h2-4,8-9H,5-6H2,1H3,(H2,14,16)(H2,15,17)/t8-,9+/m1/s1. The van der Waals surface area contributed by atoms with Crippen LogP contribution in [0.2, 0.25) is 0 Å². The van der Waals surface area contributed by atoms with E-state index in [4.69, 9.17) is 16.2 Å². The molecule has 0 heterocycles. The van der Waals surface area contributed by atoms with E-state index < -0.39 is 11.8 Å². The summed E-state index contributed by atoms with van der Waals surface area (Å²) in [7, 11) is 1.56. The van der Waals surface area contributed by atoms with Gasteiger partial charge in [-0.2, -0.15) is 0 Å². The number of rotatable bonds is 4. The molecule has 0 unspecified atom stereocenters. The molecule has 5 nitrogen and oxygen atoms in total. The molecular formula is C13H16N2O3. The highest BCUT2D eigenvalue weighted by atomic mass is 16.5. The summed E-state index contributed by atoms with van der Waals surface area (Å²) in [4.78, 5) is 22.7. The summed E-state index contributed by atoms with van der Waals surface area (Å²) in [5.74, 6) is -0.818. The van der Waals surface area contributed by atoms with Crippen molar-refractivity contribution in [3.63, 3.8) is 0 Å². The minimum Gasteiger partial charge on any atom is -0.496 e. The summed E-state index contributed by atoms with van der Waals surface area (Å²) in [6, 6.07) is 5.60. The maximum atomic E-state index is 11.5. The van der Waals surface area contributed by atoms with Gasteiger partial charge in [-0.3, -0.25) is 9.59 Å². The lowest BCUT2D eigenvalue weighted by Gasteiger charge is -2.17. The van der Waals surface area contributed by atoms with Gasteiger partial charge in [0.1, 0.15) is 5.75 Å². The maximum Gasteiger partial charge on any atom is 0.221 e. The van der Waals surface area contributed by atoms with Crippen LogP contribution >= 0.6 is 0 Å². The zero-order chi connectivity index (χ0) is 13.3. The molecule has 1 aromatic rings. The SMILES string of the molecule is COc1cccc2c1[C@H](CC(N)=O)[C@@H](C(N)=O)C2. The Morgan fingerprint density at radius 3 is 2.67 bits per heavy atom. The fourth-order valence-electron chi connectivity index (χ4n) is 2.71. The van der Waals surface area contributed by atoms with Crippen LogP contribution in [0.25, 0.3) is 0 Å². The number of methoxy groups -OCH3 is 1. The van der Waals surface area contributed by atoms with E-state index in [1.54, 1.807) is 7.11 Å². The summed E-state index contributed by atoms with van der Waals surface area (Å²) >= 11 is 0. The highest BCUT2D eigenvalue weighted by Gasteiger charge is 2.38. The van der Waals surface area contributed by atoms with Gasteiger partial charge in [-0.25, -0.2) is 0 Å². The van der Waals surface area contributed by atoms with Crippen LogP contribution in [-0.2, 0) is 16.0 Å². The van der Waals surface area contributed by atoms with Crippen LogP contribution in [0, 0.1) is 5.92 Å². The highest BCUT2D eigenvalue weighted by molar-refractivity contribution is 5.82. The third-order valence-corrected chi connectivity index (χ3v) is 3.46. The van der Waals surface area contributed by atoms with E-state index >= 15 is 0 Å². The van der Waals surface area contributed by atoms with Crippen molar-refractivity contribution in [2.75, 3.05) is 7.11 Å². The van der Waals surface area contributed by atoms with Gasteiger partial charge in [0.25, 0.3) is 0 Å². The predicted molar refractivity (Wildman–Crippen MR) is 65.9 cm³/mol. The lowest BCUT2D eigenvalue weighted by atomic mass is 9.88. The third kappa shape index (κ3) is 2.03. The molecule has 18 heavy (non-hydrogen) atoms. The van der Waals surface area contributed by atoms with Crippen LogP contribution in [0.5, 0.6) is 5.75 Å². The molecule has 1 aliphatic carbocycles. The number of ether oxygens (including phenoxy) is 1. The van der Waals surface area contributed by atoms with E-state index in [0.29, 0.717) is 12.2 Å². The van der Waals surface area contributed by atoms with Crippen LogP contribution in [0.1, 0.15) is 23.5 Å². The third-order valence-electron chi connectivity index (χ3n) is 3.46. The first-order valence-corrected chi connectivity index (χ1v) is 5.78. The predicted octanol–water partition coefficient (Wildman–Crippen LogP) is 0.312. The van der Waals surface area contributed by atoms with Gasteiger partial charge in [-0.1, -0.05) is 12.1 Å². The molecule has 1 aromatic carbocycles. The Morgan fingerprint density at radius 1 is 1.39 bits per heavy atom. The Bertz CT molecular complexity index is 499. The zero-order valence-corrected chi connectivity index (χ0v) is 10.2. The number of primary amides is 2. The summed E-state index contributed by atoms with van der Waals surface area (Å²) in [5.41, 5.74) is 12.5. The monoisotopic (exact) mass is 248 g/mol. The van der Waals surface area contributed by atoms with Crippen molar-refractivity contribution in [3.8, 4) is 5.75 Å². The first kappa shape index (κ1) is 12.4. The van der Waals surface area contributed by atoms with Crippen molar-refractivity contribution in [2.24, 2.45) is 17.4 Å². The van der Waals surface area contributed by atoms with E-state index in [2.05, 4.69) is 0 Å². The minimum atomic E-state index is -0.440. The van der Waals surface area contributed by atoms with Crippen molar-refractivity contribution in [1.82, 2.24) is 0 Å². The molecule has 0 aliphatic heterocycles. The fourth-order valence-corrected chi connectivity index (χ4v) is 2.71. The number of nitrogens with two attached hydrogens (primary N) is 2. The van der Waals surface area contributed by atoms with Gasteiger partial charge in [-0.05, 0) is 18.1 Å². The van der Waals surface area contributed by atoms with E-state index in [1.165, 1.54) is 0 Å². The number of hydrogen-bond donors (Lipinski definition) is 2. The first-order valence-electron chi connectivity index (χ1n) is 5.78. The molecule has 96 valence electrons. The average molecular weight is 248 g/mol. The van der Waals surface area contributed by atoms with Gasteiger partial charge in [0, 0.05) is 23.8 Å². The molecule has 2 atom stereocenters. The van der Waals surface area contributed by atoms with Crippen molar-refractivity contribution < 1.29 is 14.3 Å². The van der Waals surface area contributed by atoms with Crippen molar-refractivity contribution in [3.05, 3.63) is 29.3 Å². The second-order valence-electron chi connectivity index (χ2n) is 4.52. The number of carbonyl (C=O) groups excluding carboxylic acids is 2. The van der Waals surface area contributed by atoms with Crippen molar-refractivity contribution in [2.45, 2.75) is 18.8 Å². The van der Waals surface area contributed by atoms with Crippen LogP contribution < -0.4 is 16.2 Å². The highest BCUT2D eigenvalue weighted by Crippen LogP contribution is 2.44. The number of amides is 2. The molecule has 0 fully saturated rings. The van der Waals surface area contributed by atoms with Crippen LogP contribution in [0.15, 0.2) is 18.2 Å². The zero-order valence-electron chi connectivity index (χ0n) is 10.2. The second-order valence-corrected chi connectivity index (χ2v) is 4.52. The molecule has 0 aromatic heterocycles. The molecule has 2 rings (SSSR count). The van der Waals surface area contributed by atoms with Gasteiger partial charge in [-0.15, -0.1) is 0 Å². The van der Waals surface area contributed by atoms with Gasteiger partial charge < -0.3 is 16.2 Å². The van der Waals surface area contributed by atoms with Gasteiger partial charge in [0.05, 0.1) is 7.11 Å². The summed E-state index contributed by atoms with van der Waals surface area (Å²) in [6.07, 6.45) is 0.654. The molecular weight excluding hydrogens is 232 g/mol. The van der Waals surface area contributed by atoms with E-state index in [-0.39, 0.29) is 18.3 Å². The lowest BCUT2D eigenvalue weighted by molar-refractivity contribution is -0.123. The summed E-state index contributed by atoms with van der Waals surface area (Å²) < 4.78 is 5.29. The van der Waals surface area contributed by atoms with Gasteiger partial charge >= 0.3 is 0 Å². The number of benzene rings is 1. The van der Waals surface area contributed by atoms with Crippen molar-refractivity contribution >= 4 is 11.8 Å². The number of hydrogen-bond acceptors (Lipinski definition) is 3. The molecule has 0 saturated carbocycles. The van der Waals surface area contributed by atoms with Gasteiger partial charge in [0.2, 0.25) is 11.8 Å². The fraction of sp³-hybridized carbons (Fsp3) is 0.385. The molecule has 0 spiro atoms. The van der Waals surface area contributed by atoms with Crippen LogP contribution in [-0.4, -0.2) is 18.9 Å². The molecule has 2 amide bonds. The average Bonchev–Trinajstić information content (AvgIpc) is 2.67. The first-order chi connectivity index (χ1) is 8.54. The Labute approximate surface area is 105 Å². The summed E-state index contributed by atoms with van der Waals surface area (Å²) in [6.45, 7) is 0. The lowest BCUT2D eigenvalue weighted by Crippen LogP contribution is -2.29. The normalized spacial score (nSPS) is 21.4.